The van der Waals surface area contributed by atoms with Crippen molar-refractivity contribution in [2.75, 3.05) is 0 Å². The Labute approximate surface area is 302 Å². The molecule has 3 amide bonds. The van der Waals surface area contributed by atoms with E-state index in [1.165, 1.54) is 5.48 Å². The van der Waals surface area contributed by atoms with Crippen molar-refractivity contribution in [3.63, 3.8) is 0 Å². The van der Waals surface area contributed by atoms with Crippen LogP contribution in [-0.4, -0.2) is 65.8 Å². The molecule has 4 aromatic carbocycles. The molecule has 0 spiro atoms. The molecule has 7 rings (SSSR count). The van der Waals surface area contributed by atoms with Crippen molar-refractivity contribution in [3.05, 3.63) is 136 Å². The Balaban J connectivity index is 1.05. The fourth-order valence-electron chi connectivity index (χ4n) is 5.48. The molecule has 0 fully saturated rings. The molecule has 3 heterocycles. The molecule has 278 valence electrons. The largest absolute Gasteiger partial charge is 0.457 e. The van der Waals surface area contributed by atoms with Crippen LogP contribution in [0.3, 0.4) is 0 Å². The number of nitrogens with zero attached hydrogens (tertiary/aromatic N) is 3. The Bertz CT molecular complexity index is 3060. The maximum atomic E-state index is 13.0. The third-order valence-corrected chi connectivity index (χ3v) is 10.5. The summed E-state index contributed by atoms with van der Waals surface area (Å²) in [6, 6.07) is 11.9. The smallest absolute Gasteiger partial charge is 0.357 e. The van der Waals surface area contributed by atoms with Crippen molar-refractivity contribution >= 4 is 65.8 Å². The average molecular weight is 793 g/mol. The highest BCUT2D eigenvalue weighted by Crippen LogP contribution is 2.30. The lowest BCUT2D eigenvalue weighted by molar-refractivity contribution is -0.0104. The van der Waals surface area contributed by atoms with Crippen LogP contribution in [-0.2, 0) is 24.5 Å². The number of aromatic nitrogens is 2. The van der Waals surface area contributed by atoms with Crippen LogP contribution in [0.15, 0.2) is 102 Å². The van der Waals surface area contributed by atoms with Crippen LogP contribution in [0, 0.1) is 0 Å². The molecule has 0 bridgehead atoms. The molecule has 2 aromatic heterocycles. The number of fused-ring (bicyclic) bond motifs is 3. The average Bonchev–Trinajstić information content (AvgIpc) is 3.63. The number of aldehydes is 1. The van der Waals surface area contributed by atoms with E-state index in [0.717, 1.165) is 72.8 Å². The third-order valence-electron chi connectivity index (χ3n) is 8.13. The van der Waals surface area contributed by atoms with E-state index in [9.17, 15) is 60.4 Å². The zero-order valence-electron chi connectivity index (χ0n) is 26.7. The molecule has 0 radical (unpaired) electrons. The second-order valence-corrected chi connectivity index (χ2v) is 14.4. The van der Waals surface area contributed by atoms with Crippen LogP contribution in [0.25, 0.3) is 21.5 Å². The fourth-order valence-corrected chi connectivity index (χ4v) is 7.25. The van der Waals surface area contributed by atoms with Crippen molar-refractivity contribution < 1.29 is 59.7 Å². The molecule has 0 unspecified atom stereocenters. The van der Waals surface area contributed by atoms with Crippen molar-refractivity contribution in [1.29, 1.82) is 0 Å². The molecule has 6 aromatic rings. The van der Waals surface area contributed by atoms with Gasteiger partial charge in [-0.05, 0) is 72.8 Å². The lowest BCUT2D eigenvalue weighted by Gasteiger charge is -2.13. The third kappa shape index (κ3) is 5.80. The lowest BCUT2D eigenvalue weighted by Crippen LogP contribution is -2.35. The van der Waals surface area contributed by atoms with Gasteiger partial charge in [-0.2, -0.15) is 16.8 Å². The summed E-state index contributed by atoms with van der Waals surface area (Å²) < 4.78 is 66.8. The second kappa shape index (κ2) is 12.7. The van der Waals surface area contributed by atoms with E-state index in [1.807, 2.05) is 0 Å². The molecule has 0 aliphatic carbocycles. The Kier molecular flexibility index (Phi) is 8.29. The van der Waals surface area contributed by atoms with Crippen LogP contribution in [0.5, 0.6) is 11.5 Å². The van der Waals surface area contributed by atoms with Gasteiger partial charge in [-0.1, -0.05) is 4.73 Å². The van der Waals surface area contributed by atoms with Crippen LogP contribution in [0.4, 0.5) is 0 Å². The number of rotatable bonds is 10. The van der Waals surface area contributed by atoms with Crippen molar-refractivity contribution in [3.8, 4) is 11.5 Å². The highest BCUT2D eigenvalue weighted by molar-refractivity contribution is 7.87. The lowest BCUT2D eigenvalue weighted by atomic mass is 10.00. The monoisotopic (exact) mass is 792 g/mol. The summed E-state index contributed by atoms with van der Waals surface area (Å²) in [5.74, 6) is -3.72. The van der Waals surface area contributed by atoms with Gasteiger partial charge < -0.3 is 9.94 Å². The summed E-state index contributed by atoms with van der Waals surface area (Å²) in [6.45, 7) is 0. The van der Waals surface area contributed by atoms with E-state index in [1.54, 1.807) is 0 Å². The van der Waals surface area contributed by atoms with Gasteiger partial charge in [0.25, 0.3) is 40.0 Å². The standard InChI is InChI=1S/C32H16N4O17S2/c37-13-14-9-20-23(10-19(14)26(38)33-45)30(42)35(29(20)41)52-54(47,48)17-5-1-15(2-6-17)51-16-3-7-18(8-4-16)55(49,50)53-36-31(43)24-11-21-22(12-25(24)32(36)44)28(40)34(46)27(21)39/h1-13,45-46H,(H,33,38). The zero-order chi connectivity index (χ0) is 39.7. The topological polar surface area (TPSA) is 298 Å². The predicted molar refractivity (Wildman–Crippen MR) is 179 cm³/mol. The molecular formula is C32H16N4O17S2. The number of imide groups is 1. The molecule has 1 aliphatic heterocycles. The molecule has 0 saturated heterocycles. The van der Waals surface area contributed by atoms with Gasteiger partial charge in [0, 0.05) is 5.56 Å². The van der Waals surface area contributed by atoms with Gasteiger partial charge in [0.05, 0.1) is 43.1 Å². The first-order valence-electron chi connectivity index (χ1n) is 14.9. The number of hydrogen-bond acceptors (Lipinski definition) is 17. The van der Waals surface area contributed by atoms with Crippen LogP contribution in [0.1, 0.15) is 41.4 Å². The highest BCUT2D eigenvalue weighted by Gasteiger charge is 2.41. The predicted octanol–water partition coefficient (Wildman–Crippen LogP) is -0.392. The number of carbonyl (C=O) groups excluding carboxylic acids is 4. The highest BCUT2D eigenvalue weighted by atomic mass is 32.2. The Morgan fingerprint density at radius 1 is 0.636 bits per heavy atom. The summed E-state index contributed by atoms with van der Waals surface area (Å²) in [5.41, 5.74) is -5.35. The first-order valence-corrected chi connectivity index (χ1v) is 17.7. The van der Waals surface area contributed by atoms with Crippen LogP contribution >= 0.6 is 0 Å². The number of carbonyl (C=O) groups is 4. The molecule has 1 aliphatic rings. The fraction of sp³-hybridized carbons (Fsp3) is 0. The van der Waals surface area contributed by atoms with Gasteiger partial charge in [0.1, 0.15) is 16.4 Å². The van der Waals surface area contributed by atoms with Gasteiger partial charge >= 0.3 is 20.2 Å². The number of hydroxylamine groups is 3. The van der Waals surface area contributed by atoms with Gasteiger partial charge in [0.2, 0.25) is 0 Å². The molecule has 23 heteroatoms. The molecule has 3 N–H and O–H groups in total. The van der Waals surface area contributed by atoms with E-state index in [-0.39, 0.29) is 48.6 Å². The number of ether oxygens (including phenoxy) is 1. The van der Waals surface area contributed by atoms with E-state index in [4.69, 9.17) is 18.5 Å². The summed E-state index contributed by atoms with van der Waals surface area (Å²) in [7, 11) is -9.72. The van der Waals surface area contributed by atoms with E-state index in [2.05, 4.69) is 0 Å². The van der Waals surface area contributed by atoms with E-state index in [0.29, 0.717) is 0 Å². The second-order valence-electron chi connectivity index (χ2n) is 11.3. The number of nitrogens with one attached hydrogen (secondary N) is 1. The van der Waals surface area contributed by atoms with Crippen molar-refractivity contribution in [2.45, 2.75) is 9.79 Å². The van der Waals surface area contributed by atoms with Crippen molar-refractivity contribution in [2.24, 2.45) is 0 Å². The molecule has 55 heavy (non-hydrogen) atoms. The molecule has 21 nitrogen and oxygen atoms in total. The molecular weight excluding hydrogens is 776 g/mol. The first-order chi connectivity index (χ1) is 26.0. The zero-order valence-corrected chi connectivity index (χ0v) is 28.3. The molecule has 0 atom stereocenters. The summed E-state index contributed by atoms with van der Waals surface area (Å²) in [6.07, 6.45) is 0.175. The maximum Gasteiger partial charge on any atom is 0.357 e. The normalized spacial score (nSPS) is 13.0. The number of amides is 3. The Hall–Kier alpha value is -7.34. The van der Waals surface area contributed by atoms with Crippen LogP contribution < -0.4 is 36.7 Å². The van der Waals surface area contributed by atoms with Gasteiger partial charge in [0.15, 0.2) is 6.29 Å². The van der Waals surface area contributed by atoms with Gasteiger partial charge in [-0.15, -0.1) is 14.1 Å². The summed E-state index contributed by atoms with van der Waals surface area (Å²) in [5, 5.41) is 16.7. The molecule has 0 saturated carbocycles. The number of benzene rings is 4. The minimum absolute atomic E-state index is 0.00169. The minimum atomic E-state index is -4.87. The van der Waals surface area contributed by atoms with Crippen molar-refractivity contribution in [1.82, 2.24) is 20.0 Å². The quantitative estimate of drug-likeness (QED) is 0.0523. The Morgan fingerprint density at radius 3 is 1.53 bits per heavy atom. The maximum absolute atomic E-state index is 13.0. The first kappa shape index (κ1) is 36.0. The van der Waals surface area contributed by atoms with Gasteiger partial charge in [-0.25, -0.2) is 5.48 Å². The summed E-state index contributed by atoms with van der Waals surface area (Å²) >= 11 is 0. The summed E-state index contributed by atoms with van der Waals surface area (Å²) in [4.78, 5) is 97.8. The number of hydrogen-bond donors (Lipinski definition) is 3. The van der Waals surface area contributed by atoms with E-state index < -0.39 is 97.4 Å². The van der Waals surface area contributed by atoms with E-state index >= 15 is 0 Å². The van der Waals surface area contributed by atoms with Crippen LogP contribution in [0.2, 0.25) is 0 Å². The minimum Gasteiger partial charge on any atom is -0.457 e. The Morgan fingerprint density at radius 2 is 1.07 bits per heavy atom. The SMILES string of the molecule is O=Cc1cc2c(cc1C(=O)NO)C(=O)N(OS(=O)(=O)c1ccc(Oc3ccc(S(=O)(=O)On4c(=O)c5cc6c(=O)n(O)c(=O)c6cc5c4=O)cc3)cc1)C2=O. The van der Waals surface area contributed by atoms with Gasteiger partial charge in [-0.3, -0.25) is 47.8 Å².